The number of hydrogen-bond acceptors (Lipinski definition) is 6. The first-order valence-electron chi connectivity index (χ1n) is 5.93. The first-order valence-corrected chi connectivity index (χ1v) is 8.62. The highest BCUT2D eigenvalue weighted by atomic mass is 79.9. The van der Waals surface area contributed by atoms with Crippen molar-refractivity contribution in [3.8, 4) is 0 Å². The summed E-state index contributed by atoms with van der Waals surface area (Å²) in [6, 6.07) is 1.56. The van der Waals surface area contributed by atoms with Crippen molar-refractivity contribution in [2.24, 2.45) is 5.84 Å². The summed E-state index contributed by atoms with van der Waals surface area (Å²) in [5.41, 5.74) is 1.77. The Balaban J connectivity index is 2.81. The zero-order chi connectivity index (χ0) is 16.3. The number of halogens is 1. The fourth-order valence-electron chi connectivity index (χ4n) is 1.66. The lowest BCUT2D eigenvalue weighted by atomic mass is 10.1. The predicted octanol–water partition coefficient (Wildman–Crippen LogP) is 0.187. The van der Waals surface area contributed by atoms with Crippen molar-refractivity contribution in [2.45, 2.75) is 19.4 Å². The van der Waals surface area contributed by atoms with Crippen molar-refractivity contribution >= 4 is 37.7 Å². The molecule has 0 unspecified atom stereocenters. The van der Waals surface area contributed by atoms with E-state index in [2.05, 4.69) is 36.4 Å². The molecule has 0 radical (unpaired) electrons. The minimum absolute atomic E-state index is 0.107. The quantitative estimate of drug-likeness (QED) is 0.412. The summed E-state index contributed by atoms with van der Waals surface area (Å²) in [6.45, 7) is 3.43. The van der Waals surface area contributed by atoms with Crippen molar-refractivity contribution in [1.82, 2.24) is 15.0 Å². The van der Waals surface area contributed by atoms with Crippen LogP contribution in [0.3, 0.4) is 0 Å². The molecule has 1 rings (SSSR count). The van der Waals surface area contributed by atoms with E-state index < -0.39 is 21.5 Å². The minimum atomic E-state index is -3.37. The van der Waals surface area contributed by atoms with Crippen LogP contribution < -0.4 is 21.3 Å². The number of nitrogens with zero attached hydrogens (tertiary/aromatic N) is 1. The summed E-state index contributed by atoms with van der Waals surface area (Å²) in [4.78, 5) is 16.1. The molecule has 0 aliphatic rings. The molecule has 0 bridgehead atoms. The molecule has 21 heavy (non-hydrogen) atoms. The van der Waals surface area contributed by atoms with Gasteiger partial charge >= 0.3 is 0 Å². The van der Waals surface area contributed by atoms with Crippen molar-refractivity contribution in [3.05, 3.63) is 22.3 Å². The van der Waals surface area contributed by atoms with Gasteiger partial charge in [-0.05, 0) is 35.8 Å². The standard InChI is InChI=1S/C11H18BrN5O3S/c1-11(2,17-21(3,19)20)6-15-10(18)8-4-7(12)5-14-9(8)16-13/h4-5,17H,6,13H2,1-3H3,(H,14,16)(H,15,18). The molecule has 5 N–H and O–H groups in total. The second-order valence-corrected chi connectivity index (χ2v) is 7.80. The Morgan fingerprint density at radius 1 is 1.48 bits per heavy atom. The average Bonchev–Trinajstić information content (AvgIpc) is 2.33. The van der Waals surface area contributed by atoms with Crippen molar-refractivity contribution < 1.29 is 13.2 Å². The summed E-state index contributed by atoms with van der Waals surface area (Å²) in [5, 5.41) is 2.64. The third-order valence-corrected chi connectivity index (χ3v) is 3.75. The highest BCUT2D eigenvalue weighted by Crippen LogP contribution is 2.17. The lowest BCUT2D eigenvalue weighted by Crippen LogP contribution is -2.51. The smallest absolute Gasteiger partial charge is 0.255 e. The maximum absolute atomic E-state index is 12.1. The minimum Gasteiger partial charge on any atom is -0.350 e. The zero-order valence-corrected chi connectivity index (χ0v) is 14.3. The van der Waals surface area contributed by atoms with Gasteiger partial charge in [-0.15, -0.1) is 0 Å². The van der Waals surface area contributed by atoms with E-state index in [-0.39, 0.29) is 17.9 Å². The second kappa shape index (κ2) is 6.69. The Kier molecular flexibility index (Phi) is 5.68. The summed E-state index contributed by atoms with van der Waals surface area (Å²) in [7, 11) is -3.37. The van der Waals surface area contributed by atoms with E-state index in [4.69, 9.17) is 5.84 Å². The number of hydrogen-bond donors (Lipinski definition) is 4. The number of pyridine rings is 1. The predicted molar refractivity (Wildman–Crippen MR) is 84.1 cm³/mol. The monoisotopic (exact) mass is 379 g/mol. The van der Waals surface area contributed by atoms with Crippen LogP contribution in [0, 0.1) is 0 Å². The van der Waals surface area contributed by atoms with E-state index in [0.717, 1.165) is 6.26 Å². The fraction of sp³-hybridized carbons (Fsp3) is 0.455. The van der Waals surface area contributed by atoms with Gasteiger partial charge in [-0.3, -0.25) is 4.79 Å². The largest absolute Gasteiger partial charge is 0.350 e. The summed E-state index contributed by atoms with van der Waals surface area (Å²) in [5.74, 6) is 5.11. The van der Waals surface area contributed by atoms with Gasteiger partial charge in [-0.25, -0.2) is 24.0 Å². The number of nitrogen functional groups attached to an aromatic ring is 1. The fourth-order valence-corrected chi connectivity index (χ4v) is 3.07. The lowest BCUT2D eigenvalue weighted by Gasteiger charge is -2.25. The number of carbonyl (C=O) groups excluding carboxylic acids is 1. The molecule has 1 aromatic heterocycles. The molecular formula is C11H18BrN5O3S. The van der Waals surface area contributed by atoms with Gasteiger partial charge in [0.1, 0.15) is 0 Å². The van der Waals surface area contributed by atoms with E-state index in [9.17, 15) is 13.2 Å². The number of sulfonamides is 1. The first kappa shape index (κ1) is 17.8. The Bertz CT molecular complexity index is 633. The van der Waals surface area contributed by atoms with Crippen LogP contribution in [-0.2, 0) is 10.0 Å². The number of amides is 1. The van der Waals surface area contributed by atoms with Crippen molar-refractivity contribution in [3.63, 3.8) is 0 Å². The number of nitrogens with two attached hydrogens (primary N) is 1. The Hall–Kier alpha value is -1.23. The van der Waals surface area contributed by atoms with E-state index in [1.165, 1.54) is 6.20 Å². The van der Waals surface area contributed by atoms with Crippen LogP contribution in [-0.4, -0.2) is 37.6 Å². The number of anilines is 1. The molecule has 0 saturated heterocycles. The highest BCUT2D eigenvalue weighted by molar-refractivity contribution is 9.10. The van der Waals surface area contributed by atoms with Gasteiger partial charge in [0.05, 0.1) is 11.8 Å². The van der Waals surface area contributed by atoms with Gasteiger partial charge < -0.3 is 10.7 Å². The second-order valence-electron chi connectivity index (χ2n) is 5.13. The molecule has 0 spiro atoms. The lowest BCUT2D eigenvalue weighted by molar-refractivity contribution is 0.0945. The average molecular weight is 380 g/mol. The van der Waals surface area contributed by atoms with Crippen LogP contribution in [0.1, 0.15) is 24.2 Å². The molecule has 0 atom stereocenters. The maximum Gasteiger partial charge on any atom is 0.255 e. The molecule has 0 fully saturated rings. The number of rotatable bonds is 6. The van der Waals surface area contributed by atoms with Gasteiger partial charge in [0.15, 0.2) is 5.82 Å². The molecule has 0 aliphatic heterocycles. The van der Waals surface area contributed by atoms with Crippen molar-refractivity contribution in [2.75, 3.05) is 18.2 Å². The number of nitrogens with one attached hydrogen (secondary N) is 3. The van der Waals surface area contributed by atoms with Gasteiger partial charge in [0, 0.05) is 22.8 Å². The molecule has 1 heterocycles. The highest BCUT2D eigenvalue weighted by Gasteiger charge is 2.23. The van der Waals surface area contributed by atoms with E-state index in [1.54, 1.807) is 19.9 Å². The molecule has 1 amide bonds. The molecule has 0 aromatic carbocycles. The van der Waals surface area contributed by atoms with E-state index in [1.807, 2.05) is 0 Å². The third kappa shape index (κ3) is 5.96. The molecule has 0 saturated carbocycles. The summed E-state index contributed by atoms with van der Waals surface area (Å²) >= 11 is 3.22. The molecule has 118 valence electrons. The van der Waals surface area contributed by atoms with Crippen LogP contribution >= 0.6 is 15.9 Å². The van der Waals surface area contributed by atoms with E-state index >= 15 is 0 Å². The zero-order valence-electron chi connectivity index (χ0n) is 11.9. The van der Waals surface area contributed by atoms with Crippen LogP contribution in [0.15, 0.2) is 16.7 Å². The summed E-state index contributed by atoms with van der Waals surface area (Å²) < 4.78 is 25.5. The van der Waals surface area contributed by atoms with Crippen LogP contribution in [0.5, 0.6) is 0 Å². The molecule has 8 nitrogen and oxygen atoms in total. The number of aromatic nitrogens is 1. The van der Waals surface area contributed by atoms with Crippen LogP contribution in [0.25, 0.3) is 0 Å². The van der Waals surface area contributed by atoms with Gasteiger partial charge in [-0.2, -0.15) is 0 Å². The van der Waals surface area contributed by atoms with Gasteiger partial charge in [0.25, 0.3) is 5.91 Å². The summed E-state index contributed by atoms with van der Waals surface area (Å²) in [6.07, 6.45) is 2.56. The molecular weight excluding hydrogens is 362 g/mol. The Labute approximate surface area is 132 Å². The molecule has 1 aromatic rings. The molecule has 10 heteroatoms. The van der Waals surface area contributed by atoms with Gasteiger partial charge in [0.2, 0.25) is 10.0 Å². The Morgan fingerprint density at radius 2 is 2.10 bits per heavy atom. The van der Waals surface area contributed by atoms with E-state index in [0.29, 0.717) is 4.47 Å². The Morgan fingerprint density at radius 3 is 2.62 bits per heavy atom. The molecule has 0 aliphatic carbocycles. The normalized spacial score (nSPS) is 12.0. The van der Waals surface area contributed by atoms with Gasteiger partial charge in [-0.1, -0.05) is 0 Å². The SMILES string of the molecule is CC(C)(CNC(=O)c1cc(Br)cnc1NN)NS(C)(=O)=O. The topological polar surface area (TPSA) is 126 Å². The third-order valence-electron chi connectivity index (χ3n) is 2.39. The number of hydrazine groups is 1. The first-order chi connectivity index (χ1) is 9.54. The van der Waals surface area contributed by atoms with Crippen LogP contribution in [0.2, 0.25) is 0 Å². The van der Waals surface area contributed by atoms with Crippen LogP contribution in [0.4, 0.5) is 5.82 Å². The number of carbonyl (C=O) groups is 1. The van der Waals surface area contributed by atoms with Crippen molar-refractivity contribution in [1.29, 1.82) is 0 Å². The maximum atomic E-state index is 12.1.